The molecule has 1 unspecified atom stereocenters. The number of anilines is 1. The number of carboxylic acids is 1. The van der Waals surface area contributed by atoms with Crippen molar-refractivity contribution in [2.45, 2.75) is 26.2 Å². The number of carbonyl (C=O) groups is 2. The van der Waals surface area contributed by atoms with Gasteiger partial charge in [-0.15, -0.1) is 0 Å². The zero-order chi connectivity index (χ0) is 14.5. The lowest BCUT2D eigenvalue weighted by Crippen LogP contribution is -2.32. The highest BCUT2D eigenvalue weighted by atomic mass is 16.4. The maximum atomic E-state index is 11.7. The van der Waals surface area contributed by atoms with Gasteiger partial charge in [0.25, 0.3) is 0 Å². The van der Waals surface area contributed by atoms with Crippen molar-refractivity contribution in [3.05, 3.63) is 29.8 Å². The van der Waals surface area contributed by atoms with Crippen LogP contribution in [0.3, 0.4) is 0 Å². The average Bonchev–Trinajstić information content (AvgIpc) is 3.22. The summed E-state index contributed by atoms with van der Waals surface area (Å²) in [5.74, 6) is 0.432. The maximum absolute atomic E-state index is 11.7. The first-order chi connectivity index (χ1) is 9.54. The van der Waals surface area contributed by atoms with E-state index in [1.54, 1.807) is 24.3 Å². The number of rotatable bonds is 6. The predicted molar refractivity (Wildman–Crippen MR) is 76.7 cm³/mol. The Bertz CT molecular complexity index is 480. The zero-order valence-corrected chi connectivity index (χ0v) is 11.6. The van der Waals surface area contributed by atoms with Crippen LogP contribution in [-0.2, 0) is 11.2 Å². The Labute approximate surface area is 118 Å². The molecule has 0 saturated heterocycles. The van der Waals surface area contributed by atoms with Gasteiger partial charge in [-0.3, -0.25) is 4.79 Å². The van der Waals surface area contributed by atoms with Gasteiger partial charge in [0.2, 0.25) is 0 Å². The molecule has 5 heteroatoms. The van der Waals surface area contributed by atoms with E-state index in [4.69, 9.17) is 5.11 Å². The summed E-state index contributed by atoms with van der Waals surface area (Å²) in [6.45, 7) is 2.84. The molecule has 108 valence electrons. The minimum Gasteiger partial charge on any atom is -0.481 e. The summed E-state index contributed by atoms with van der Waals surface area (Å²) in [7, 11) is 0. The van der Waals surface area contributed by atoms with E-state index in [2.05, 4.69) is 17.6 Å². The monoisotopic (exact) mass is 276 g/mol. The van der Waals surface area contributed by atoms with E-state index in [-0.39, 0.29) is 12.5 Å². The number of urea groups is 1. The van der Waals surface area contributed by atoms with E-state index >= 15 is 0 Å². The van der Waals surface area contributed by atoms with E-state index in [0.717, 1.165) is 5.92 Å². The van der Waals surface area contributed by atoms with Crippen molar-refractivity contribution in [2.24, 2.45) is 11.8 Å². The summed E-state index contributed by atoms with van der Waals surface area (Å²) in [5, 5.41) is 14.3. The van der Waals surface area contributed by atoms with Crippen LogP contribution < -0.4 is 10.6 Å². The van der Waals surface area contributed by atoms with Gasteiger partial charge in [0.1, 0.15) is 0 Å². The second-order valence-electron chi connectivity index (χ2n) is 5.42. The predicted octanol–water partition coefficient (Wildman–Crippen LogP) is 2.48. The molecule has 0 aliphatic heterocycles. The molecule has 3 N–H and O–H groups in total. The third-order valence-corrected chi connectivity index (χ3v) is 3.58. The van der Waals surface area contributed by atoms with Crippen LogP contribution in [0.4, 0.5) is 10.5 Å². The molecule has 1 aliphatic carbocycles. The van der Waals surface area contributed by atoms with Crippen LogP contribution in [0.5, 0.6) is 0 Å². The van der Waals surface area contributed by atoms with Gasteiger partial charge in [0.05, 0.1) is 6.42 Å². The van der Waals surface area contributed by atoms with Gasteiger partial charge >= 0.3 is 12.0 Å². The molecule has 0 aromatic heterocycles. The lowest BCUT2D eigenvalue weighted by molar-refractivity contribution is -0.136. The first-order valence-electron chi connectivity index (χ1n) is 6.90. The first kappa shape index (κ1) is 14.4. The lowest BCUT2D eigenvalue weighted by Gasteiger charge is -2.12. The lowest BCUT2D eigenvalue weighted by atomic mass is 10.1. The van der Waals surface area contributed by atoms with Crippen LogP contribution in [0.25, 0.3) is 0 Å². The van der Waals surface area contributed by atoms with E-state index in [9.17, 15) is 9.59 Å². The summed E-state index contributed by atoms with van der Waals surface area (Å²) < 4.78 is 0. The number of aliphatic carboxylic acids is 1. The number of benzene rings is 1. The molecule has 2 amide bonds. The summed E-state index contributed by atoms with van der Waals surface area (Å²) >= 11 is 0. The average molecular weight is 276 g/mol. The van der Waals surface area contributed by atoms with Gasteiger partial charge in [-0.05, 0) is 42.4 Å². The van der Waals surface area contributed by atoms with Crippen molar-refractivity contribution >= 4 is 17.7 Å². The number of amides is 2. The van der Waals surface area contributed by atoms with Crippen LogP contribution in [0.15, 0.2) is 24.3 Å². The zero-order valence-electron chi connectivity index (χ0n) is 11.6. The first-order valence-corrected chi connectivity index (χ1v) is 6.90. The molecule has 1 aromatic carbocycles. The fourth-order valence-electron chi connectivity index (χ4n) is 2.14. The Morgan fingerprint density at radius 1 is 1.30 bits per heavy atom. The molecule has 0 radical (unpaired) electrons. The summed E-state index contributed by atoms with van der Waals surface area (Å²) in [5.41, 5.74) is 1.38. The van der Waals surface area contributed by atoms with Crippen LogP contribution in [0, 0.1) is 11.8 Å². The van der Waals surface area contributed by atoms with Crippen LogP contribution in [0.2, 0.25) is 0 Å². The highest BCUT2D eigenvalue weighted by Gasteiger charge is 2.27. The molecular weight excluding hydrogens is 256 g/mol. The van der Waals surface area contributed by atoms with Crippen LogP contribution in [0.1, 0.15) is 25.3 Å². The Hall–Kier alpha value is -2.04. The van der Waals surface area contributed by atoms with Crippen molar-refractivity contribution in [3.8, 4) is 0 Å². The SMILES string of the molecule is CC(CNC(=O)Nc1ccc(CC(=O)O)cc1)C1CC1. The van der Waals surface area contributed by atoms with E-state index in [1.165, 1.54) is 12.8 Å². The molecule has 0 heterocycles. The Morgan fingerprint density at radius 2 is 1.95 bits per heavy atom. The molecule has 20 heavy (non-hydrogen) atoms. The minimum atomic E-state index is -0.863. The van der Waals surface area contributed by atoms with Crippen LogP contribution in [-0.4, -0.2) is 23.7 Å². The third-order valence-electron chi connectivity index (χ3n) is 3.58. The Kier molecular flexibility index (Phi) is 4.61. The van der Waals surface area contributed by atoms with Crippen molar-refractivity contribution in [3.63, 3.8) is 0 Å². The van der Waals surface area contributed by atoms with Crippen molar-refractivity contribution in [1.29, 1.82) is 0 Å². The van der Waals surface area contributed by atoms with Crippen molar-refractivity contribution in [2.75, 3.05) is 11.9 Å². The summed E-state index contributed by atoms with van der Waals surface area (Å²) in [6, 6.07) is 6.61. The molecule has 1 aromatic rings. The smallest absolute Gasteiger partial charge is 0.319 e. The van der Waals surface area contributed by atoms with Crippen molar-refractivity contribution < 1.29 is 14.7 Å². The number of hydrogen-bond donors (Lipinski definition) is 3. The number of hydrogen-bond acceptors (Lipinski definition) is 2. The normalized spacial score (nSPS) is 15.4. The topological polar surface area (TPSA) is 78.4 Å². The highest BCUT2D eigenvalue weighted by molar-refractivity contribution is 5.89. The van der Waals surface area contributed by atoms with Gasteiger partial charge in [-0.25, -0.2) is 4.79 Å². The van der Waals surface area contributed by atoms with Gasteiger partial charge in [-0.2, -0.15) is 0 Å². The Balaban J connectivity index is 1.76. The fraction of sp³-hybridized carbons (Fsp3) is 0.467. The van der Waals surface area contributed by atoms with Gasteiger partial charge in [-0.1, -0.05) is 19.1 Å². The van der Waals surface area contributed by atoms with Crippen LogP contribution >= 0.6 is 0 Å². The molecule has 1 saturated carbocycles. The van der Waals surface area contributed by atoms with Crippen molar-refractivity contribution in [1.82, 2.24) is 5.32 Å². The third kappa shape index (κ3) is 4.57. The summed E-state index contributed by atoms with van der Waals surface area (Å²) in [6.07, 6.45) is 2.54. The molecule has 5 nitrogen and oxygen atoms in total. The summed E-state index contributed by atoms with van der Waals surface area (Å²) in [4.78, 5) is 22.3. The van der Waals surface area contributed by atoms with Gasteiger partial charge in [0.15, 0.2) is 0 Å². The minimum absolute atomic E-state index is 0.00855. The number of carbonyl (C=O) groups excluding carboxylic acids is 1. The number of carboxylic acid groups (broad SMARTS) is 1. The second-order valence-corrected chi connectivity index (χ2v) is 5.42. The fourth-order valence-corrected chi connectivity index (χ4v) is 2.14. The number of nitrogens with one attached hydrogen (secondary N) is 2. The van der Waals surface area contributed by atoms with E-state index < -0.39 is 5.97 Å². The van der Waals surface area contributed by atoms with E-state index in [1.807, 2.05) is 0 Å². The molecule has 0 spiro atoms. The second kappa shape index (κ2) is 6.41. The van der Waals surface area contributed by atoms with Gasteiger partial charge in [0, 0.05) is 12.2 Å². The standard InChI is InChI=1S/C15H20N2O3/c1-10(12-4-5-12)9-16-15(20)17-13-6-2-11(3-7-13)8-14(18)19/h2-3,6-7,10,12H,4-5,8-9H2,1H3,(H,18,19)(H2,16,17,20). The maximum Gasteiger partial charge on any atom is 0.319 e. The molecule has 2 rings (SSSR count). The molecule has 0 bridgehead atoms. The molecule has 1 aliphatic rings. The molecule has 1 fully saturated rings. The Morgan fingerprint density at radius 3 is 2.50 bits per heavy atom. The largest absolute Gasteiger partial charge is 0.481 e. The molecule has 1 atom stereocenters. The van der Waals surface area contributed by atoms with Gasteiger partial charge < -0.3 is 15.7 Å². The highest BCUT2D eigenvalue weighted by Crippen LogP contribution is 2.36. The quantitative estimate of drug-likeness (QED) is 0.747. The van der Waals surface area contributed by atoms with E-state index in [0.29, 0.717) is 23.7 Å². The molecular formula is C15H20N2O3.